The zero-order valence-electron chi connectivity index (χ0n) is 11.3. The van der Waals surface area contributed by atoms with E-state index in [1.165, 1.54) is 0 Å². The van der Waals surface area contributed by atoms with E-state index in [2.05, 4.69) is 9.97 Å². The van der Waals surface area contributed by atoms with Gasteiger partial charge in [-0.25, -0.2) is 4.98 Å². The minimum Gasteiger partial charge on any atom is -0.470 e. The number of hydrogen-bond acceptors (Lipinski definition) is 3. The Bertz CT molecular complexity index is 909. The Morgan fingerprint density at radius 2 is 1.81 bits per heavy atom. The van der Waals surface area contributed by atoms with Crippen LogP contribution < -0.4 is 4.74 Å². The molecule has 0 aliphatic carbocycles. The lowest BCUT2D eigenvalue weighted by atomic mass is 10.2. The number of benzene rings is 2. The van der Waals surface area contributed by atoms with Crippen molar-refractivity contribution in [1.82, 2.24) is 14.5 Å². The average molecular weight is 275 g/mol. The van der Waals surface area contributed by atoms with Crippen LogP contribution in [-0.2, 0) is 6.73 Å². The smallest absolute Gasteiger partial charge is 0.166 e. The molecule has 0 unspecified atom stereocenters. The first kappa shape index (κ1) is 11.9. The van der Waals surface area contributed by atoms with E-state index >= 15 is 0 Å². The summed E-state index contributed by atoms with van der Waals surface area (Å²) in [5.74, 6) is 0.783. The Morgan fingerprint density at radius 1 is 0.905 bits per heavy atom. The molecule has 0 fully saturated rings. The molecule has 0 saturated heterocycles. The van der Waals surface area contributed by atoms with Crippen LogP contribution in [-0.4, -0.2) is 14.5 Å². The Hall–Kier alpha value is -2.88. The van der Waals surface area contributed by atoms with Gasteiger partial charge in [-0.1, -0.05) is 30.3 Å². The molecule has 0 saturated carbocycles. The average Bonchev–Trinajstić information content (AvgIpc) is 2.96. The van der Waals surface area contributed by atoms with Crippen molar-refractivity contribution in [3.63, 3.8) is 0 Å². The first-order chi connectivity index (χ1) is 10.4. The van der Waals surface area contributed by atoms with Crippen LogP contribution in [0.3, 0.4) is 0 Å². The van der Waals surface area contributed by atoms with Gasteiger partial charge < -0.3 is 4.74 Å². The molecular formula is C17H13N3O. The fourth-order valence-electron chi connectivity index (χ4n) is 2.44. The number of pyridine rings is 1. The van der Waals surface area contributed by atoms with Crippen molar-refractivity contribution in [2.45, 2.75) is 6.73 Å². The fourth-order valence-corrected chi connectivity index (χ4v) is 2.44. The summed E-state index contributed by atoms with van der Waals surface area (Å²) in [7, 11) is 0. The summed E-state index contributed by atoms with van der Waals surface area (Å²) in [5, 5.41) is 1.07. The Morgan fingerprint density at radius 3 is 2.81 bits per heavy atom. The highest BCUT2D eigenvalue weighted by Crippen LogP contribution is 2.23. The molecule has 0 amide bonds. The first-order valence-corrected chi connectivity index (χ1v) is 6.78. The minimum atomic E-state index is 0.413. The number of para-hydroxylation sites is 3. The van der Waals surface area contributed by atoms with Crippen LogP contribution in [0.2, 0.25) is 0 Å². The lowest BCUT2D eigenvalue weighted by molar-refractivity contribution is 0.243. The van der Waals surface area contributed by atoms with Gasteiger partial charge in [0, 0.05) is 11.6 Å². The van der Waals surface area contributed by atoms with Gasteiger partial charge in [-0.3, -0.25) is 9.55 Å². The largest absolute Gasteiger partial charge is 0.470 e. The maximum atomic E-state index is 5.93. The molecule has 4 heteroatoms. The second-order valence-corrected chi connectivity index (χ2v) is 4.81. The molecule has 2 aromatic heterocycles. The van der Waals surface area contributed by atoms with Gasteiger partial charge >= 0.3 is 0 Å². The van der Waals surface area contributed by atoms with Crippen molar-refractivity contribution < 1.29 is 4.74 Å². The summed E-state index contributed by atoms with van der Waals surface area (Å²) in [6, 6.07) is 17.9. The number of rotatable bonds is 3. The lowest BCUT2D eigenvalue weighted by Crippen LogP contribution is -2.04. The molecule has 4 rings (SSSR count). The van der Waals surface area contributed by atoms with Crippen LogP contribution in [0.1, 0.15) is 0 Å². The molecule has 0 aliphatic rings. The monoisotopic (exact) mass is 275 g/mol. The third-order valence-electron chi connectivity index (χ3n) is 3.48. The Balaban J connectivity index is 1.67. The summed E-state index contributed by atoms with van der Waals surface area (Å²) in [4.78, 5) is 8.75. The predicted octanol–water partition coefficient (Wildman–Crippen LogP) is 3.62. The van der Waals surface area contributed by atoms with Crippen LogP contribution in [0.15, 0.2) is 67.1 Å². The fraction of sp³-hybridized carbons (Fsp3) is 0.0588. The number of aromatic nitrogens is 3. The Kier molecular flexibility index (Phi) is 2.78. The van der Waals surface area contributed by atoms with Crippen molar-refractivity contribution in [1.29, 1.82) is 0 Å². The lowest BCUT2D eigenvalue weighted by Gasteiger charge is -2.09. The van der Waals surface area contributed by atoms with Gasteiger partial charge in [0.15, 0.2) is 6.73 Å². The van der Waals surface area contributed by atoms with Gasteiger partial charge in [0.05, 0.1) is 17.4 Å². The molecule has 0 atom stereocenters. The summed E-state index contributed by atoms with van der Waals surface area (Å²) in [6.07, 6.45) is 3.57. The molecule has 21 heavy (non-hydrogen) atoms. The molecule has 0 N–H and O–H groups in total. The molecule has 0 bridgehead atoms. The predicted molar refractivity (Wildman–Crippen MR) is 82.1 cm³/mol. The van der Waals surface area contributed by atoms with Crippen molar-refractivity contribution in [3.8, 4) is 5.75 Å². The molecule has 2 aromatic carbocycles. The maximum absolute atomic E-state index is 5.93. The zero-order valence-corrected chi connectivity index (χ0v) is 11.3. The highest BCUT2D eigenvalue weighted by atomic mass is 16.5. The molecule has 0 radical (unpaired) electrons. The number of nitrogens with zero attached hydrogens (tertiary/aromatic N) is 3. The molecular weight excluding hydrogens is 262 g/mol. The molecule has 0 spiro atoms. The molecule has 102 valence electrons. The van der Waals surface area contributed by atoms with E-state index in [1.807, 2.05) is 59.2 Å². The van der Waals surface area contributed by atoms with Crippen molar-refractivity contribution in [3.05, 3.63) is 67.1 Å². The van der Waals surface area contributed by atoms with E-state index in [4.69, 9.17) is 4.74 Å². The number of hydrogen-bond donors (Lipinski definition) is 0. The normalized spacial score (nSPS) is 11.0. The van der Waals surface area contributed by atoms with Crippen molar-refractivity contribution >= 4 is 21.9 Å². The van der Waals surface area contributed by atoms with Gasteiger partial charge in [0.25, 0.3) is 0 Å². The van der Waals surface area contributed by atoms with E-state index in [0.717, 1.165) is 27.7 Å². The van der Waals surface area contributed by atoms with Crippen molar-refractivity contribution in [2.24, 2.45) is 0 Å². The van der Waals surface area contributed by atoms with Crippen LogP contribution in [0.5, 0.6) is 5.75 Å². The maximum Gasteiger partial charge on any atom is 0.166 e. The van der Waals surface area contributed by atoms with E-state index in [0.29, 0.717) is 6.73 Å². The van der Waals surface area contributed by atoms with E-state index in [-0.39, 0.29) is 0 Å². The van der Waals surface area contributed by atoms with Crippen LogP contribution in [0.4, 0.5) is 0 Å². The van der Waals surface area contributed by atoms with Crippen LogP contribution in [0.25, 0.3) is 21.9 Å². The highest BCUT2D eigenvalue weighted by molar-refractivity contribution is 5.84. The van der Waals surface area contributed by atoms with Crippen LogP contribution >= 0.6 is 0 Å². The SMILES string of the molecule is c1cnc2c(OCn3cnc4ccccc43)cccc2c1. The first-order valence-electron chi connectivity index (χ1n) is 6.78. The molecule has 4 aromatic rings. The van der Waals surface area contributed by atoms with E-state index in [1.54, 1.807) is 12.5 Å². The summed E-state index contributed by atoms with van der Waals surface area (Å²) >= 11 is 0. The minimum absolute atomic E-state index is 0.413. The second kappa shape index (κ2) is 4.90. The van der Waals surface area contributed by atoms with E-state index < -0.39 is 0 Å². The zero-order chi connectivity index (χ0) is 14.1. The van der Waals surface area contributed by atoms with Gasteiger partial charge in [0.2, 0.25) is 0 Å². The molecule has 2 heterocycles. The van der Waals surface area contributed by atoms with Gasteiger partial charge in [-0.05, 0) is 24.3 Å². The van der Waals surface area contributed by atoms with Crippen LogP contribution in [0, 0.1) is 0 Å². The van der Waals surface area contributed by atoms with E-state index in [9.17, 15) is 0 Å². The Labute approximate surface area is 121 Å². The quantitative estimate of drug-likeness (QED) is 0.573. The van der Waals surface area contributed by atoms with Gasteiger partial charge in [0.1, 0.15) is 11.3 Å². The summed E-state index contributed by atoms with van der Waals surface area (Å²) in [5.41, 5.74) is 2.91. The second-order valence-electron chi connectivity index (χ2n) is 4.81. The molecule has 4 nitrogen and oxygen atoms in total. The standard InChI is InChI=1S/C17H13N3O/c1-2-8-15-14(7-1)19-11-20(15)12-21-16-9-3-5-13-6-4-10-18-17(13)16/h1-11H,12H2. The number of ether oxygens (including phenoxy) is 1. The third-order valence-corrected chi connectivity index (χ3v) is 3.48. The van der Waals surface area contributed by atoms with Gasteiger partial charge in [-0.2, -0.15) is 0 Å². The topological polar surface area (TPSA) is 39.9 Å². The van der Waals surface area contributed by atoms with Gasteiger partial charge in [-0.15, -0.1) is 0 Å². The third kappa shape index (κ3) is 2.10. The summed E-state index contributed by atoms with van der Waals surface area (Å²) < 4.78 is 7.92. The number of imidazole rings is 1. The summed E-state index contributed by atoms with van der Waals surface area (Å²) in [6.45, 7) is 0.413. The van der Waals surface area contributed by atoms with Crippen molar-refractivity contribution in [2.75, 3.05) is 0 Å². The molecule has 0 aliphatic heterocycles. The number of fused-ring (bicyclic) bond motifs is 2. The highest BCUT2D eigenvalue weighted by Gasteiger charge is 2.05.